The summed E-state index contributed by atoms with van der Waals surface area (Å²) in [4.78, 5) is 12.0. The fraction of sp³-hybridized carbons (Fsp3) is 0.875. The predicted octanol–water partition coefficient (Wildman–Crippen LogP) is -0.567. The van der Waals surface area contributed by atoms with Crippen LogP contribution < -0.4 is 5.32 Å². The number of nitrogens with one attached hydrogen (secondary N) is 1. The highest BCUT2D eigenvalue weighted by Crippen LogP contribution is 2.18. The van der Waals surface area contributed by atoms with E-state index in [0.717, 1.165) is 4.90 Å². The number of carbonyl (C=O) groups is 1. The molecule has 1 fully saturated rings. The molecule has 0 aromatic rings. The Hall–Kier alpha value is -0.750. The molecule has 2 N–H and O–H groups in total. The Bertz CT molecular complexity index is 230. The van der Waals surface area contributed by atoms with Gasteiger partial charge in [0.25, 0.3) is 5.91 Å². The van der Waals surface area contributed by atoms with Gasteiger partial charge in [-0.15, -0.1) is 0 Å². The molecule has 82 valence electrons. The molecule has 14 heavy (non-hydrogen) atoms. The van der Waals surface area contributed by atoms with Gasteiger partial charge >= 0.3 is 5.92 Å². The van der Waals surface area contributed by atoms with Crippen molar-refractivity contribution in [3.63, 3.8) is 0 Å². The number of hydrogen-bond donors (Lipinski definition) is 2. The number of amides is 1. The van der Waals surface area contributed by atoms with Gasteiger partial charge in [-0.25, -0.2) is 0 Å². The van der Waals surface area contributed by atoms with E-state index >= 15 is 0 Å². The normalized spacial score (nSPS) is 27.8. The van der Waals surface area contributed by atoms with Gasteiger partial charge in [0.2, 0.25) is 0 Å². The van der Waals surface area contributed by atoms with Crippen LogP contribution in [0, 0.1) is 0 Å². The number of aliphatic hydroxyl groups excluding tert-OH is 1. The van der Waals surface area contributed by atoms with Crippen molar-refractivity contribution in [3.8, 4) is 0 Å². The second-order valence-corrected chi connectivity index (χ2v) is 3.60. The molecular formula is C8H14F2N2O2. The van der Waals surface area contributed by atoms with Gasteiger partial charge in [0.15, 0.2) is 0 Å². The lowest BCUT2D eigenvalue weighted by Gasteiger charge is -2.28. The maximum Gasteiger partial charge on any atom is 0.322 e. The number of carbonyl (C=O) groups excluding carboxylic acids is 1. The van der Waals surface area contributed by atoms with Crippen molar-refractivity contribution < 1.29 is 18.7 Å². The number of likely N-dealkylation sites (N-methyl/N-ethyl adjacent to an activating group) is 1. The van der Waals surface area contributed by atoms with Gasteiger partial charge in [-0.1, -0.05) is 0 Å². The Morgan fingerprint density at radius 3 is 2.50 bits per heavy atom. The fourth-order valence-electron chi connectivity index (χ4n) is 1.51. The molecule has 2 atom stereocenters. The minimum atomic E-state index is -3.38. The van der Waals surface area contributed by atoms with Gasteiger partial charge in [0, 0.05) is 27.1 Å². The molecule has 0 aromatic heterocycles. The third kappa shape index (κ3) is 2.19. The van der Waals surface area contributed by atoms with Gasteiger partial charge in [0.1, 0.15) is 0 Å². The molecule has 1 aliphatic rings. The van der Waals surface area contributed by atoms with Crippen LogP contribution >= 0.6 is 0 Å². The topological polar surface area (TPSA) is 52.6 Å². The first kappa shape index (κ1) is 11.3. The molecule has 0 aliphatic carbocycles. The number of nitrogens with zero attached hydrogens (tertiary/aromatic N) is 1. The van der Waals surface area contributed by atoms with Crippen LogP contribution in [0.25, 0.3) is 0 Å². The van der Waals surface area contributed by atoms with Crippen LogP contribution in [-0.4, -0.2) is 54.1 Å². The molecule has 0 radical (unpaired) electrons. The van der Waals surface area contributed by atoms with Gasteiger partial charge in [-0.2, -0.15) is 8.78 Å². The van der Waals surface area contributed by atoms with Crippen molar-refractivity contribution in [3.05, 3.63) is 0 Å². The van der Waals surface area contributed by atoms with Gasteiger partial charge in [-0.3, -0.25) is 4.79 Å². The van der Waals surface area contributed by atoms with Crippen LogP contribution in [0.3, 0.4) is 0 Å². The minimum absolute atomic E-state index is 0.331. The summed E-state index contributed by atoms with van der Waals surface area (Å²) in [6.45, 7) is 1.23. The van der Waals surface area contributed by atoms with Crippen LogP contribution in [0.4, 0.5) is 8.78 Å². The van der Waals surface area contributed by atoms with E-state index in [-0.39, 0.29) is 0 Å². The van der Waals surface area contributed by atoms with E-state index in [4.69, 9.17) is 0 Å². The first-order valence-electron chi connectivity index (χ1n) is 4.38. The van der Waals surface area contributed by atoms with E-state index in [1.54, 1.807) is 0 Å². The second-order valence-electron chi connectivity index (χ2n) is 3.60. The van der Waals surface area contributed by atoms with E-state index in [2.05, 4.69) is 5.32 Å². The monoisotopic (exact) mass is 208 g/mol. The molecule has 1 amide bonds. The molecule has 4 nitrogen and oxygen atoms in total. The van der Waals surface area contributed by atoms with Crippen molar-refractivity contribution in [1.29, 1.82) is 0 Å². The number of hydrogen-bond acceptors (Lipinski definition) is 3. The van der Waals surface area contributed by atoms with Crippen molar-refractivity contribution in [2.75, 3.05) is 20.1 Å². The van der Waals surface area contributed by atoms with Crippen molar-refractivity contribution in [2.24, 2.45) is 0 Å². The highest BCUT2D eigenvalue weighted by Gasteiger charge is 2.40. The van der Waals surface area contributed by atoms with Crippen LogP contribution in [-0.2, 0) is 4.79 Å². The van der Waals surface area contributed by atoms with Crippen LogP contribution in [0.15, 0.2) is 0 Å². The Kier molecular flexibility index (Phi) is 3.06. The molecule has 0 unspecified atom stereocenters. The minimum Gasteiger partial charge on any atom is -0.390 e. The zero-order chi connectivity index (χ0) is 10.9. The van der Waals surface area contributed by atoms with Crippen LogP contribution in [0.5, 0.6) is 0 Å². The molecule has 0 aromatic carbocycles. The number of rotatable bonds is 2. The summed E-state index contributed by atoms with van der Waals surface area (Å²) >= 11 is 0. The number of aliphatic hydroxyl groups is 1. The first-order chi connectivity index (χ1) is 6.34. The van der Waals surface area contributed by atoms with Crippen molar-refractivity contribution in [1.82, 2.24) is 10.2 Å². The molecule has 6 heteroatoms. The lowest BCUT2D eigenvalue weighted by atomic mass is 10.1. The van der Waals surface area contributed by atoms with Crippen LogP contribution in [0.2, 0.25) is 0 Å². The summed E-state index contributed by atoms with van der Waals surface area (Å²) in [6.07, 6.45) is -0.772. The summed E-state index contributed by atoms with van der Waals surface area (Å²) in [7, 11) is 1.28. The van der Waals surface area contributed by atoms with E-state index in [1.807, 2.05) is 0 Å². The summed E-state index contributed by atoms with van der Waals surface area (Å²) < 4.78 is 25.3. The van der Waals surface area contributed by atoms with Gasteiger partial charge in [0.05, 0.1) is 12.1 Å². The van der Waals surface area contributed by atoms with E-state index in [1.165, 1.54) is 7.05 Å². The molecule has 1 aliphatic heterocycles. The standard InChI is InChI=1S/C8H14F2N2O2/c1-8(9,10)7(14)12(2)5-3-11-4-6(5)13/h5-6,11,13H,3-4H2,1-2H3/t5-,6-/m0/s1. The second kappa shape index (κ2) is 3.78. The predicted molar refractivity (Wildman–Crippen MR) is 46.1 cm³/mol. The summed E-state index contributed by atoms with van der Waals surface area (Å²) in [5.41, 5.74) is 0. The Morgan fingerprint density at radius 2 is 2.14 bits per heavy atom. The summed E-state index contributed by atoms with van der Waals surface area (Å²) in [5, 5.41) is 12.2. The Balaban J connectivity index is 2.65. The van der Waals surface area contributed by atoms with Crippen LogP contribution in [0.1, 0.15) is 6.92 Å². The SMILES string of the molecule is CN(C(=O)C(C)(F)F)[C@H]1CNC[C@@H]1O. The van der Waals surface area contributed by atoms with Gasteiger partial charge in [-0.05, 0) is 0 Å². The molecule has 1 saturated heterocycles. The third-order valence-corrected chi connectivity index (χ3v) is 2.34. The molecule has 0 bridgehead atoms. The van der Waals surface area contributed by atoms with Crippen molar-refractivity contribution in [2.45, 2.75) is 25.0 Å². The Labute approximate surface area is 80.9 Å². The lowest BCUT2D eigenvalue weighted by molar-refractivity contribution is -0.156. The zero-order valence-electron chi connectivity index (χ0n) is 8.13. The van der Waals surface area contributed by atoms with E-state index < -0.39 is 24.0 Å². The molecular weight excluding hydrogens is 194 g/mol. The third-order valence-electron chi connectivity index (χ3n) is 2.34. The summed E-state index contributed by atoms with van der Waals surface area (Å²) in [5.74, 6) is -4.64. The quantitative estimate of drug-likeness (QED) is 0.639. The number of halogens is 2. The fourth-order valence-corrected chi connectivity index (χ4v) is 1.51. The van der Waals surface area contributed by atoms with Crippen molar-refractivity contribution >= 4 is 5.91 Å². The molecule has 1 heterocycles. The number of alkyl halides is 2. The largest absolute Gasteiger partial charge is 0.390 e. The molecule has 1 rings (SSSR count). The highest BCUT2D eigenvalue weighted by molar-refractivity contribution is 5.83. The maximum atomic E-state index is 12.7. The van der Waals surface area contributed by atoms with E-state index in [0.29, 0.717) is 20.0 Å². The Morgan fingerprint density at radius 1 is 1.57 bits per heavy atom. The molecule has 0 spiro atoms. The lowest BCUT2D eigenvalue weighted by Crippen LogP contribution is -2.49. The van der Waals surface area contributed by atoms with E-state index in [9.17, 15) is 18.7 Å². The highest BCUT2D eigenvalue weighted by atomic mass is 19.3. The number of β-amino-alcohol motifs (C(OH)–C–C–N with tert-alkyl or cyclic N) is 1. The summed E-state index contributed by atoms with van der Waals surface area (Å²) in [6, 6.07) is -0.562. The average molecular weight is 208 g/mol. The van der Waals surface area contributed by atoms with Gasteiger partial charge < -0.3 is 15.3 Å². The maximum absolute atomic E-state index is 12.7. The first-order valence-corrected chi connectivity index (χ1v) is 4.38. The average Bonchev–Trinajstić information content (AvgIpc) is 2.47. The zero-order valence-corrected chi connectivity index (χ0v) is 8.13. The smallest absolute Gasteiger partial charge is 0.322 e. The molecule has 0 saturated carbocycles.